The first-order chi connectivity index (χ1) is 11.6. The first-order valence-electron chi connectivity index (χ1n) is 7.75. The summed E-state index contributed by atoms with van der Waals surface area (Å²) in [5, 5.41) is 3.29. The summed E-state index contributed by atoms with van der Waals surface area (Å²) in [5.74, 6) is -0.224. The molecule has 4 rings (SSSR count). The number of benzene rings is 1. The second-order valence-electron chi connectivity index (χ2n) is 5.90. The number of pyridine rings is 1. The molecule has 1 aliphatic rings. The molecule has 0 spiro atoms. The average Bonchev–Trinajstić information content (AvgIpc) is 3.23. The maximum Gasteiger partial charge on any atom is 0.268 e. The van der Waals surface area contributed by atoms with Gasteiger partial charge < -0.3 is 5.32 Å². The van der Waals surface area contributed by atoms with Crippen molar-refractivity contribution in [3.63, 3.8) is 0 Å². The zero-order valence-corrected chi connectivity index (χ0v) is 13.6. The summed E-state index contributed by atoms with van der Waals surface area (Å²) in [6, 6.07) is 8.33. The van der Waals surface area contributed by atoms with Crippen LogP contribution in [0.25, 0.3) is 11.0 Å². The van der Waals surface area contributed by atoms with E-state index in [9.17, 15) is 12.8 Å². The highest BCUT2D eigenvalue weighted by Crippen LogP contribution is 2.32. The highest BCUT2D eigenvalue weighted by Gasteiger charge is 2.26. The standard InChI is InChI=1S/C17H16FN3O2S/c18-13-3-5-14(6-4-13)24(22,23)21-11-15(12-7-9-19-10-12)17-16(21)2-1-8-20-17/h1-6,8,11-12,19H,7,9-10H2/t12-/m0/s1. The fourth-order valence-corrected chi connectivity index (χ4v) is 4.56. The largest absolute Gasteiger partial charge is 0.316 e. The first kappa shape index (κ1) is 15.3. The monoisotopic (exact) mass is 345 g/mol. The van der Waals surface area contributed by atoms with Gasteiger partial charge in [0.1, 0.15) is 5.82 Å². The van der Waals surface area contributed by atoms with Gasteiger partial charge in [0, 0.05) is 30.4 Å². The minimum atomic E-state index is -3.80. The molecule has 0 radical (unpaired) electrons. The lowest BCUT2D eigenvalue weighted by atomic mass is 10.0. The molecule has 3 aromatic rings. The Morgan fingerprint density at radius 2 is 2.00 bits per heavy atom. The second-order valence-corrected chi connectivity index (χ2v) is 7.72. The topological polar surface area (TPSA) is 64.0 Å². The highest BCUT2D eigenvalue weighted by molar-refractivity contribution is 7.90. The number of halogens is 1. The van der Waals surface area contributed by atoms with E-state index in [2.05, 4.69) is 10.3 Å². The van der Waals surface area contributed by atoms with E-state index >= 15 is 0 Å². The van der Waals surface area contributed by atoms with Crippen LogP contribution in [0.2, 0.25) is 0 Å². The summed E-state index contributed by atoms with van der Waals surface area (Å²) < 4.78 is 40.3. The second kappa shape index (κ2) is 5.68. The lowest BCUT2D eigenvalue weighted by Crippen LogP contribution is -2.12. The zero-order chi connectivity index (χ0) is 16.7. The summed E-state index contributed by atoms with van der Waals surface area (Å²) in [6.07, 6.45) is 4.28. The molecule has 5 nitrogen and oxygen atoms in total. The van der Waals surface area contributed by atoms with Gasteiger partial charge >= 0.3 is 0 Å². The number of fused-ring (bicyclic) bond motifs is 1. The Bertz CT molecular complexity index is 990. The van der Waals surface area contributed by atoms with Crippen LogP contribution in [0.1, 0.15) is 17.9 Å². The van der Waals surface area contributed by atoms with Gasteiger partial charge in [-0.3, -0.25) is 4.98 Å². The van der Waals surface area contributed by atoms with Crippen LogP contribution in [0.4, 0.5) is 4.39 Å². The molecule has 0 unspecified atom stereocenters. The van der Waals surface area contributed by atoms with E-state index < -0.39 is 15.8 Å². The van der Waals surface area contributed by atoms with Crippen molar-refractivity contribution in [1.29, 1.82) is 0 Å². The van der Waals surface area contributed by atoms with Crippen molar-refractivity contribution in [3.8, 4) is 0 Å². The minimum absolute atomic E-state index is 0.0563. The molecule has 0 aliphatic carbocycles. The summed E-state index contributed by atoms with van der Waals surface area (Å²) >= 11 is 0. The molecule has 124 valence electrons. The predicted octanol–water partition coefficient (Wildman–Crippen LogP) is 2.49. The fourth-order valence-electron chi connectivity index (χ4n) is 3.19. The van der Waals surface area contributed by atoms with Gasteiger partial charge in [0.15, 0.2) is 0 Å². The summed E-state index contributed by atoms with van der Waals surface area (Å²) in [4.78, 5) is 4.45. The van der Waals surface area contributed by atoms with Gasteiger partial charge in [-0.25, -0.2) is 16.8 Å². The molecular formula is C17H16FN3O2S. The number of hydrogen-bond acceptors (Lipinski definition) is 4. The number of nitrogens with zero attached hydrogens (tertiary/aromatic N) is 2. The minimum Gasteiger partial charge on any atom is -0.316 e. The van der Waals surface area contributed by atoms with Crippen molar-refractivity contribution >= 4 is 21.1 Å². The van der Waals surface area contributed by atoms with Crippen LogP contribution in [0.5, 0.6) is 0 Å². The van der Waals surface area contributed by atoms with Gasteiger partial charge in [-0.2, -0.15) is 0 Å². The van der Waals surface area contributed by atoms with E-state index in [1.165, 1.54) is 16.1 Å². The molecular weight excluding hydrogens is 329 g/mol. The molecule has 1 aliphatic heterocycles. The van der Waals surface area contributed by atoms with Crippen molar-refractivity contribution in [2.75, 3.05) is 13.1 Å². The van der Waals surface area contributed by atoms with Crippen LogP contribution in [-0.4, -0.2) is 30.5 Å². The van der Waals surface area contributed by atoms with Crippen molar-refractivity contribution in [3.05, 3.63) is 60.2 Å². The molecule has 1 saturated heterocycles. The molecule has 0 amide bonds. The van der Waals surface area contributed by atoms with Crippen molar-refractivity contribution in [1.82, 2.24) is 14.3 Å². The Morgan fingerprint density at radius 1 is 1.21 bits per heavy atom. The van der Waals surface area contributed by atoms with E-state index in [4.69, 9.17) is 0 Å². The van der Waals surface area contributed by atoms with E-state index in [1.807, 2.05) is 0 Å². The van der Waals surface area contributed by atoms with Crippen LogP contribution in [-0.2, 0) is 10.0 Å². The lowest BCUT2D eigenvalue weighted by molar-refractivity contribution is 0.587. The maximum atomic E-state index is 13.1. The molecule has 0 saturated carbocycles. The van der Waals surface area contributed by atoms with Crippen LogP contribution >= 0.6 is 0 Å². The average molecular weight is 345 g/mol. The number of hydrogen-bond donors (Lipinski definition) is 1. The van der Waals surface area contributed by atoms with Gasteiger partial charge in [-0.05, 0) is 49.4 Å². The SMILES string of the molecule is O=S(=O)(c1ccc(F)cc1)n1cc([C@H]2CCNC2)c2ncccc21. The molecule has 24 heavy (non-hydrogen) atoms. The molecule has 1 aromatic carbocycles. The first-order valence-corrected chi connectivity index (χ1v) is 9.19. The van der Waals surface area contributed by atoms with Crippen LogP contribution in [0.15, 0.2) is 53.7 Å². The zero-order valence-electron chi connectivity index (χ0n) is 12.8. The van der Waals surface area contributed by atoms with E-state index in [0.717, 1.165) is 37.2 Å². The molecule has 0 bridgehead atoms. The van der Waals surface area contributed by atoms with Crippen LogP contribution in [0.3, 0.4) is 0 Å². The maximum absolute atomic E-state index is 13.1. The Kier molecular flexibility index (Phi) is 3.62. The number of nitrogens with one attached hydrogen (secondary N) is 1. The van der Waals surface area contributed by atoms with Crippen molar-refractivity contribution < 1.29 is 12.8 Å². The Balaban J connectivity index is 1.91. The Morgan fingerprint density at radius 3 is 2.71 bits per heavy atom. The lowest BCUT2D eigenvalue weighted by Gasteiger charge is -2.07. The predicted molar refractivity (Wildman–Crippen MR) is 88.9 cm³/mol. The number of rotatable bonds is 3. The fraction of sp³-hybridized carbons (Fsp3) is 0.235. The van der Waals surface area contributed by atoms with E-state index in [0.29, 0.717) is 11.0 Å². The van der Waals surface area contributed by atoms with E-state index in [1.54, 1.807) is 24.5 Å². The Hall–Kier alpha value is -2.25. The van der Waals surface area contributed by atoms with Crippen LogP contribution in [0, 0.1) is 5.82 Å². The smallest absolute Gasteiger partial charge is 0.268 e. The van der Waals surface area contributed by atoms with Crippen LogP contribution < -0.4 is 5.32 Å². The van der Waals surface area contributed by atoms with Gasteiger partial charge in [0.25, 0.3) is 10.0 Å². The Labute approximate surface area is 139 Å². The summed E-state index contributed by atoms with van der Waals surface area (Å²) in [5.41, 5.74) is 2.18. The third-order valence-electron chi connectivity index (χ3n) is 4.42. The third-order valence-corrected chi connectivity index (χ3v) is 6.11. The highest BCUT2D eigenvalue weighted by atomic mass is 32.2. The van der Waals surface area contributed by atoms with Crippen molar-refractivity contribution in [2.24, 2.45) is 0 Å². The van der Waals surface area contributed by atoms with Gasteiger partial charge in [0.2, 0.25) is 0 Å². The molecule has 2 aromatic heterocycles. The quantitative estimate of drug-likeness (QED) is 0.792. The van der Waals surface area contributed by atoms with Gasteiger partial charge in [0.05, 0.1) is 15.9 Å². The normalized spacial score (nSPS) is 18.3. The molecule has 1 fully saturated rings. The number of aromatic nitrogens is 2. The molecule has 1 N–H and O–H groups in total. The summed E-state index contributed by atoms with van der Waals surface area (Å²) in [6.45, 7) is 1.72. The van der Waals surface area contributed by atoms with Gasteiger partial charge in [-0.15, -0.1) is 0 Å². The third kappa shape index (κ3) is 2.40. The van der Waals surface area contributed by atoms with E-state index in [-0.39, 0.29) is 10.8 Å². The van der Waals surface area contributed by atoms with Gasteiger partial charge in [-0.1, -0.05) is 0 Å². The van der Waals surface area contributed by atoms with Crippen molar-refractivity contribution in [2.45, 2.75) is 17.2 Å². The molecule has 7 heteroatoms. The molecule has 1 atom stereocenters. The molecule has 3 heterocycles. The summed E-state index contributed by atoms with van der Waals surface area (Å²) in [7, 11) is -3.80.